The van der Waals surface area contributed by atoms with Crippen molar-refractivity contribution in [2.45, 2.75) is 37.1 Å². The topological polar surface area (TPSA) is 214 Å². The number of phenols is 1. The minimum absolute atomic E-state index is 0.0321. The third-order valence-corrected chi connectivity index (χ3v) is 9.11. The van der Waals surface area contributed by atoms with Crippen LogP contribution in [0.5, 0.6) is 5.75 Å². The molecule has 8 N–H and O–H groups in total. The summed E-state index contributed by atoms with van der Waals surface area (Å²) in [4.78, 5) is 55.5. The van der Waals surface area contributed by atoms with Crippen molar-refractivity contribution in [3.05, 3.63) is 76.1 Å². The molecule has 1 fully saturated rings. The predicted octanol–water partition coefficient (Wildman–Crippen LogP) is 0.566. The van der Waals surface area contributed by atoms with E-state index in [-0.39, 0.29) is 17.8 Å². The van der Waals surface area contributed by atoms with Gasteiger partial charge >= 0.3 is 0 Å². The summed E-state index contributed by atoms with van der Waals surface area (Å²) in [6.07, 6.45) is -1.69. The van der Waals surface area contributed by atoms with Crippen LogP contribution >= 0.6 is 0 Å². The highest BCUT2D eigenvalue weighted by Gasteiger charge is 2.68. The smallest absolute Gasteiger partial charge is 0.255 e. The zero-order chi connectivity index (χ0) is 33.1. The maximum Gasteiger partial charge on any atom is 0.255 e. The summed E-state index contributed by atoms with van der Waals surface area (Å²) >= 11 is 0. The summed E-state index contributed by atoms with van der Waals surface area (Å²) in [5.41, 5.74) is 1.91. The molecule has 0 spiro atoms. The van der Waals surface area contributed by atoms with Gasteiger partial charge in [-0.2, -0.15) is 0 Å². The number of fused-ring (bicyclic) bond motifs is 3. The summed E-state index contributed by atoms with van der Waals surface area (Å²) in [5.74, 6) is -10.3. The third kappa shape index (κ3) is 4.88. The van der Waals surface area contributed by atoms with Crippen LogP contribution in [-0.2, 0) is 25.7 Å². The zero-order valence-corrected chi connectivity index (χ0v) is 25.2. The van der Waals surface area contributed by atoms with Gasteiger partial charge in [0.25, 0.3) is 5.91 Å². The standard InChI is InChI=1S/C32H36N4O9/c1-14-16-10-11-17(34-18(37)13-36(4)12-15-8-6-5-7-9-15)25(38)20(16)26(39)21-19(14)27(40)23-24(35(2)3)28(41)22(31(33)44)30(43)32(23,45)29(21)42/h5-11,14,19,23-24,27,38-40,43,45H,12-13H2,1-4H3,(H2,33,44)(H,34,37)/t14?,19?,23?,24-,27?,32-/m0/s1. The minimum atomic E-state index is -3.01. The van der Waals surface area contributed by atoms with Gasteiger partial charge in [0, 0.05) is 18.0 Å². The summed E-state index contributed by atoms with van der Waals surface area (Å²) < 4.78 is 0. The van der Waals surface area contributed by atoms with Crippen LogP contribution in [0, 0.1) is 11.8 Å². The Kier molecular flexibility index (Phi) is 8.08. The Morgan fingerprint density at radius 2 is 1.67 bits per heavy atom. The van der Waals surface area contributed by atoms with Gasteiger partial charge in [-0.05, 0) is 44.3 Å². The number of likely N-dealkylation sites (N-methyl/N-ethyl adjacent to an activating group) is 2. The Labute approximate surface area is 258 Å². The molecule has 0 radical (unpaired) electrons. The summed E-state index contributed by atoms with van der Waals surface area (Å²) in [7, 11) is 4.64. The molecule has 3 aliphatic rings. The molecule has 2 aromatic carbocycles. The Morgan fingerprint density at radius 1 is 1.02 bits per heavy atom. The number of nitrogens with one attached hydrogen (secondary N) is 1. The lowest BCUT2D eigenvalue weighted by Crippen LogP contribution is -2.70. The molecule has 0 aromatic heterocycles. The fourth-order valence-electron chi connectivity index (χ4n) is 7.10. The minimum Gasteiger partial charge on any atom is -0.508 e. The highest BCUT2D eigenvalue weighted by atomic mass is 16.4. The molecule has 13 nitrogen and oxygen atoms in total. The molecule has 0 saturated heterocycles. The van der Waals surface area contributed by atoms with E-state index >= 15 is 0 Å². The predicted molar refractivity (Wildman–Crippen MR) is 162 cm³/mol. The maximum absolute atomic E-state index is 14.1. The summed E-state index contributed by atoms with van der Waals surface area (Å²) in [6.45, 7) is 2.09. The van der Waals surface area contributed by atoms with E-state index in [9.17, 15) is 44.7 Å². The molecule has 13 heteroatoms. The molecule has 4 unspecified atom stereocenters. The first-order valence-electron chi connectivity index (χ1n) is 14.3. The Balaban J connectivity index is 1.55. The molecule has 0 aliphatic heterocycles. The fourth-order valence-corrected chi connectivity index (χ4v) is 7.10. The van der Waals surface area contributed by atoms with E-state index in [0.717, 1.165) is 5.56 Å². The number of ketones is 2. The number of aromatic hydroxyl groups is 1. The molecule has 2 amide bonds. The number of carbonyl (C=O) groups is 4. The highest BCUT2D eigenvalue weighted by Crippen LogP contribution is 2.56. The lowest BCUT2D eigenvalue weighted by atomic mass is 9.54. The molecule has 238 valence electrons. The number of aliphatic hydroxyl groups is 4. The number of nitrogens with two attached hydrogens (primary N) is 1. The zero-order valence-electron chi connectivity index (χ0n) is 25.2. The Hall–Kier alpha value is -4.56. The lowest BCUT2D eigenvalue weighted by molar-refractivity contribution is -0.169. The van der Waals surface area contributed by atoms with Gasteiger partial charge in [-0.25, -0.2) is 0 Å². The number of amides is 2. The van der Waals surface area contributed by atoms with Crippen molar-refractivity contribution >= 4 is 34.8 Å². The first-order valence-corrected chi connectivity index (χ1v) is 14.3. The second kappa shape index (κ2) is 11.4. The average Bonchev–Trinajstić information content (AvgIpc) is 2.96. The third-order valence-electron chi connectivity index (χ3n) is 9.11. The largest absolute Gasteiger partial charge is 0.508 e. The SMILES string of the molecule is CC1c2ccc(NC(=O)CN(C)Cc3ccccc3)c(O)c2C(O)=C2C(=O)[C@]3(O)C(O)=C(C(N)=O)C(=O)[C@@H](N(C)C)C3C(O)C21. The summed E-state index contributed by atoms with van der Waals surface area (Å²) in [5, 5.41) is 59.9. The number of benzene rings is 2. The normalized spacial score (nSPS) is 27.8. The molecule has 45 heavy (non-hydrogen) atoms. The van der Waals surface area contributed by atoms with E-state index in [1.54, 1.807) is 18.9 Å². The first kappa shape index (κ1) is 31.9. The average molecular weight is 621 g/mol. The van der Waals surface area contributed by atoms with Crippen molar-refractivity contribution in [3.8, 4) is 5.75 Å². The van der Waals surface area contributed by atoms with E-state index in [1.165, 1.54) is 31.1 Å². The first-order chi connectivity index (χ1) is 21.1. The van der Waals surface area contributed by atoms with E-state index in [0.29, 0.717) is 12.1 Å². The van der Waals surface area contributed by atoms with Gasteiger partial charge in [-0.15, -0.1) is 0 Å². The van der Waals surface area contributed by atoms with Crippen molar-refractivity contribution in [1.29, 1.82) is 0 Å². The van der Waals surface area contributed by atoms with Crippen LogP contribution in [0.2, 0.25) is 0 Å². The fraction of sp³-hybridized carbons (Fsp3) is 0.375. The van der Waals surface area contributed by atoms with Gasteiger partial charge in [-0.1, -0.05) is 43.3 Å². The quantitative estimate of drug-likeness (QED) is 0.168. The van der Waals surface area contributed by atoms with Crippen molar-refractivity contribution in [1.82, 2.24) is 9.80 Å². The lowest BCUT2D eigenvalue weighted by Gasteiger charge is -2.53. The molecule has 6 atom stereocenters. The van der Waals surface area contributed by atoms with Gasteiger partial charge in [0.15, 0.2) is 11.4 Å². The van der Waals surface area contributed by atoms with Gasteiger partial charge in [-0.3, -0.25) is 29.0 Å². The number of hydrogen-bond donors (Lipinski definition) is 7. The Morgan fingerprint density at radius 3 is 2.27 bits per heavy atom. The van der Waals surface area contributed by atoms with Crippen LogP contribution in [-0.4, -0.2) is 104 Å². The number of phenolic OH excluding ortho intramolecular Hbond substituents is 1. The van der Waals surface area contributed by atoms with Gasteiger partial charge in [0.1, 0.15) is 22.8 Å². The van der Waals surface area contributed by atoms with Crippen molar-refractivity contribution in [2.75, 3.05) is 33.0 Å². The molecule has 2 aromatic rings. The van der Waals surface area contributed by atoms with Crippen LogP contribution in [0.15, 0.2) is 59.4 Å². The molecule has 3 aliphatic carbocycles. The molecular formula is C32H36N4O9. The molecule has 1 saturated carbocycles. The van der Waals surface area contributed by atoms with Crippen molar-refractivity contribution in [3.63, 3.8) is 0 Å². The van der Waals surface area contributed by atoms with Crippen LogP contribution < -0.4 is 11.1 Å². The number of rotatable bonds is 7. The van der Waals surface area contributed by atoms with Gasteiger partial charge in [0.2, 0.25) is 11.7 Å². The van der Waals surface area contributed by atoms with Crippen LogP contribution in [0.25, 0.3) is 5.76 Å². The number of aliphatic hydroxyl groups excluding tert-OH is 3. The molecule has 0 bridgehead atoms. The monoisotopic (exact) mass is 620 g/mol. The van der Waals surface area contributed by atoms with Crippen molar-refractivity contribution < 1.29 is 44.7 Å². The maximum atomic E-state index is 14.1. The number of Topliss-reactive ketones (excluding diaryl/α,β-unsaturated/α-hetero) is 2. The molecule has 0 heterocycles. The van der Waals surface area contributed by atoms with E-state index in [1.807, 2.05) is 30.3 Å². The van der Waals surface area contributed by atoms with E-state index in [4.69, 9.17) is 5.73 Å². The van der Waals surface area contributed by atoms with Crippen LogP contribution in [0.1, 0.15) is 29.5 Å². The van der Waals surface area contributed by atoms with Crippen molar-refractivity contribution in [2.24, 2.45) is 17.6 Å². The summed E-state index contributed by atoms with van der Waals surface area (Å²) in [6, 6.07) is 11.0. The van der Waals surface area contributed by atoms with E-state index in [2.05, 4.69) is 5.32 Å². The van der Waals surface area contributed by atoms with E-state index < -0.39 is 87.3 Å². The molecule has 5 rings (SSSR count). The highest BCUT2D eigenvalue weighted by molar-refractivity contribution is 6.24. The molecular weight excluding hydrogens is 584 g/mol. The van der Waals surface area contributed by atoms with Crippen LogP contribution in [0.3, 0.4) is 0 Å². The number of nitrogens with zero attached hydrogens (tertiary/aromatic N) is 2. The number of carbonyl (C=O) groups excluding carboxylic acids is 4. The van der Waals surface area contributed by atoms with Gasteiger partial charge < -0.3 is 36.6 Å². The second-order valence-corrected chi connectivity index (χ2v) is 12.2. The number of hydrogen-bond acceptors (Lipinski definition) is 11. The Bertz CT molecular complexity index is 1670. The number of anilines is 1. The second-order valence-electron chi connectivity index (χ2n) is 12.2. The van der Waals surface area contributed by atoms with Crippen LogP contribution in [0.4, 0.5) is 5.69 Å². The van der Waals surface area contributed by atoms with Gasteiger partial charge in [0.05, 0.1) is 35.9 Å². The number of primary amides is 1.